The predicted octanol–water partition coefficient (Wildman–Crippen LogP) is 3.13. The fraction of sp³-hybridized carbons (Fsp3) is 0.278. The van der Waals surface area contributed by atoms with Gasteiger partial charge < -0.3 is 5.32 Å². The minimum atomic E-state index is 0.172. The second-order valence-electron chi connectivity index (χ2n) is 5.38. The fourth-order valence-corrected chi connectivity index (χ4v) is 2.87. The van der Waals surface area contributed by atoms with Gasteiger partial charge in [0.25, 0.3) is 0 Å². The van der Waals surface area contributed by atoms with Crippen LogP contribution in [0.4, 0.5) is 0 Å². The molecule has 0 aliphatic heterocycles. The van der Waals surface area contributed by atoms with Gasteiger partial charge in [-0.2, -0.15) is 0 Å². The maximum atomic E-state index is 12.6. The molecule has 0 saturated heterocycles. The Morgan fingerprint density at radius 2 is 1.85 bits per heavy atom. The third kappa shape index (κ3) is 2.27. The monoisotopic (exact) mass is 266 g/mol. The summed E-state index contributed by atoms with van der Waals surface area (Å²) in [6.07, 6.45) is 5.64. The van der Waals surface area contributed by atoms with Crippen molar-refractivity contribution < 1.29 is 10.1 Å². The molecule has 2 N–H and O–H groups in total. The number of quaternary nitrogens is 1. The standard InChI is InChI=1S/C18H19NO/c1-2-3-4-11-19-16-12-14-9-5-7-13-8-6-10-15(17(13)14)18(16)20/h5-10,12,19H,2-4,11H2,1H3/p+1. The van der Waals surface area contributed by atoms with Gasteiger partial charge in [0.15, 0.2) is 5.70 Å². The molecule has 2 aromatic carbocycles. The Balaban J connectivity index is 1.94. The summed E-state index contributed by atoms with van der Waals surface area (Å²) in [5.41, 5.74) is 2.87. The summed E-state index contributed by atoms with van der Waals surface area (Å²) in [5.74, 6) is 0.172. The van der Waals surface area contributed by atoms with Gasteiger partial charge in [-0.15, -0.1) is 0 Å². The van der Waals surface area contributed by atoms with Gasteiger partial charge in [0.05, 0.1) is 6.54 Å². The molecule has 0 unspecified atom stereocenters. The predicted molar refractivity (Wildman–Crippen MR) is 82.6 cm³/mol. The number of carbonyl (C=O) groups excluding carboxylic acids is 1. The second-order valence-corrected chi connectivity index (χ2v) is 5.38. The molecule has 20 heavy (non-hydrogen) atoms. The highest BCUT2D eigenvalue weighted by molar-refractivity contribution is 6.21. The van der Waals surface area contributed by atoms with Crippen LogP contribution in [0.5, 0.6) is 0 Å². The van der Waals surface area contributed by atoms with Crippen LogP contribution in [-0.2, 0) is 0 Å². The van der Waals surface area contributed by atoms with E-state index in [0.717, 1.165) is 35.0 Å². The molecule has 2 nitrogen and oxygen atoms in total. The first-order chi connectivity index (χ1) is 9.81. The van der Waals surface area contributed by atoms with Crippen molar-refractivity contribution in [2.75, 3.05) is 6.54 Å². The highest BCUT2D eigenvalue weighted by Gasteiger charge is 2.24. The number of rotatable bonds is 5. The molecule has 0 fully saturated rings. The Morgan fingerprint density at radius 1 is 1.05 bits per heavy atom. The summed E-state index contributed by atoms with van der Waals surface area (Å²) in [6, 6.07) is 12.2. The summed E-state index contributed by atoms with van der Waals surface area (Å²) in [6.45, 7) is 3.19. The van der Waals surface area contributed by atoms with Crippen LogP contribution in [0, 0.1) is 0 Å². The Bertz CT molecular complexity index is 680. The zero-order valence-corrected chi connectivity index (χ0v) is 11.9. The number of hydrogen-bond donors (Lipinski definition) is 1. The maximum Gasteiger partial charge on any atom is 0.246 e. The van der Waals surface area contributed by atoms with Crippen molar-refractivity contribution in [1.82, 2.24) is 0 Å². The molecule has 0 amide bonds. The number of unbranched alkanes of at least 4 members (excludes halogenated alkanes) is 2. The van der Waals surface area contributed by atoms with E-state index in [1.807, 2.05) is 18.2 Å². The fourth-order valence-electron chi connectivity index (χ4n) is 2.87. The molecule has 0 heterocycles. The Kier molecular flexibility index (Phi) is 3.66. The molecule has 0 atom stereocenters. The molecule has 0 spiro atoms. The minimum Gasteiger partial charge on any atom is -0.310 e. The van der Waals surface area contributed by atoms with Crippen molar-refractivity contribution in [3.05, 3.63) is 53.2 Å². The van der Waals surface area contributed by atoms with Crippen LogP contribution in [0.1, 0.15) is 42.1 Å². The van der Waals surface area contributed by atoms with Crippen molar-refractivity contribution in [3.63, 3.8) is 0 Å². The lowest BCUT2D eigenvalue weighted by molar-refractivity contribution is -0.598. The normalized spacial score (nSPS) is 13.7. The van der Waals surface area contributed by atoms with Crippen LogP contribution in [0.25, 0.3) is 16.8 Å². The summed E-state index contributed by atoms with van der Waals surface area (Å²) >= 11 is 0. The van der Waals surface area contributed by atoms with E-state index >= 15 is 0 Å². The molecule has 2 heteroatoms. The average molecular weight is 266 g/mol. The van der Waals surface area contributed by atoms with Crippen molar-refractivity contribution in [2.45, 2.75) is 26.2 Å². The van der Waals surface area contributed by atoms with Crippen molar-refractivity contribution >= 4 is 22.6 Å². The number of carbonyl (C=O) groups is 1. The zero-order valence-electron chi connectivity index (χ0n) is 11.9. The smallest absolute Gasteiger partial charge is 0.246 e. The van der Waals surface area contributed by atoms with Crippen molar-refractivity contribution in [3.8, 4) is 0 Å². The number of Topliss-reactive ketones (excluding diaryl/α,β-unsaturated/α-hetero) is 1. The molecule has 0 radical (unpaired) electrons. The maximum absolute atomic E-state index is 12.6. The molecule has 2 aromatic rings. The Morgan fingerprint density at radius 3 is 2.65 bits per heavy atom. The molecule has 102 valence electrons. The third-order valence-corrected chi connectivity index (χ3v) is 3.93. The van der Waals surface area contributed by atoms with Crippen LogP contribution >= 0.6 is 0 Å². The van der Waals surface area contributed by atoms with Gasteiger partial charge in [-0.25, -0.2) is 0 Å². The SMILES string of the molecule is CCCCC[NH2+]C1=Cc2cccc3cccc(c23)C1=O. The third-order valence-electron chi connectivity index (χ3n) is 3.93. The first-order valence-corrected chi connectivity index (χ1v) is 7.42. The lowest BCUT2D eigenvalue weighted by atomic mass is 9.90. The molecule has 1 aliphatic rings. The number of nitrogens with two attached hydrogens (primary N) is 1. The van der Waals surface area contributed by atoms with Gasteiger partial charge in [0.1, 0.15) is 0 Å². The lowest BCUT2D eigenvalue weighted by Crippen LogP contribution is -2.83. The molecule has 0 saturated carbocycles. The number of hydrogen-bond acceptors (Lipinski definition) is 1. The molecule has 3 rings (SSSR count). The van der Waals surface area contributed by atoms with Crippen LogP contribution in [0.15, 0.2) is 42.1 Å². The highest BCUT2D eigenvalue weighted by Crippen LogP contribution is 2.29. The van der Waals surface area contributed by atoms with Crippen LogP contribution < -0.4 is 5.32 Å². The van der Waals surface area contributed by atoms with E-state index in [-0.39, 0.29) is 5.78 Å². The average Bonchev–Trinajstić information content (AvgIpc) is 2.48. The van der Waals surface area contributed by atoms with Gasteiger partial charge in [-0.1, -0.05) is 49.7 Å². The van der Waals surface area contributed by atoms with E-state index in [2.05, 4.69) is 36.5 Å². The van der Waals surface area contributed by atoms with E-state index in [1.54, 1.807) is 0 Å². The first-order valence-electron chi connectivity index (χ1n) is 7.42. The summed E-state index contributed by atoms with van der Waals surface area (Å²) in [7, 11) is 0. The van der Waals surface area contributed by atoms with E-state index in [4.69, 9.17) is 0 Å². The lowest BCUT2D eigenvalue weighted by Gasteiger charge is -2.15. The summed E-state index contributed by atoms with van der Waals surface area (Å²) in [5, 5.41) is 4.35. The molecule has 1 aliphatic carbocycles. The molecule has 0 aromatic heterocycles. The molecular formula is C18H20NO+. The van der Waals surface area contributed by atoms with Crippen molar-refractivity contribution in [1.29, 1.82) is 0 Å². The Hall–Kier alpha value is -1.93. The van der Waals surface area contributed by atoms with Gasteiger partial charge in [-0.3, -0.25) is 4.79 Å². The zero-order chi connectivity index (χ0) is 13.9. The number of ketones is 1. The van der Waals surface area contributed by atoms with Crippen molar-refractivity contribution in [2.24, 2.45) is 0 Å². The molecular weight excluding hydrogens is 246 g/mol. The highest BCUT2D eigenvalue weighted by atomic mass is 16.1. The second kappa shape index (κ2) is 5.59. The number of allylic oxidation sites excluding steroid dienone is 1. The Labute approximate surface area is 119 Å². The van der Waals surface area contributed by atoms with Crippen LogP contribution in [-0.4, -0.2) is 12.3 Å². The van der Waals surface area contributed by atoms with E-state index in [1.165, 1.54) is 18.4 Å². The summed E-state index contributed by atoms with van der Waals surface area (Å²) < 4.78 is 0. The number of benzene rings is 2. The first kappa shape index (κ1) is 13.1. The van der Waals surface area contributed by atoms with Crippen LogP contribution in [0.3, 0.4) is 0 Å². The van der Waals surface area contributed by atoms with Gasteiger partial charge in [-0.05, 0) is 23.8 Å². The van der Waals surface area contributed by atoms with Crippen LogP contribution in [0.2, 0.25) is 0 Å². The van der Waals surface area contributed by atoms with E-state index < -0.39 is 0 Å². The van der Waals surface area contributed by atoms with E-state index in [0.29, 0.717) is 0 Å². The molecule has 0 bridgehead atoms. The van der Waals surface area contributed by atoms with Gasteiger partial charge >= 0.3 is 0 Å². The quantitative estimate of drug-likeness (QED) is 0.829. The largest absolute Gasteiger partial charge is 0.310 e. The summed E-state index contributed by atoms with van der Waals surface area (Å²) in [4.78, 5) is 12.6. The van der Waals surface area contributed by atoms with Gasteiger partial charge in [0, 0.05) is 17.0 Å². The van der Waals surface area contributed by atoms with Gasteiger partial charge in [0.2, 0.25) is 5.78 Å². The van der Waals surface area contributed by atoms with E-state index in [9.17, 15) is 4.79 Å². The minimum absolute atomic E-state index is 0.172. The topological polar surface area (TPSA) is 33.7 Å².